The fraction of sp³-hybridized carbons (Fsp3) is 0.257. The van der Waals surface area contributed by atoms with Crippen LogP contribution >= 0.6 is 0 Å². The predicted octanol–water partition coefficient (Wildman–Crippen LogP) is 6.84. The number of hydrogen-bond donors (Lipinski definition) is 1. The quantitative estimate of drug-likeness (QED) is 0.223. The molecule has 0 spiro atoms. The van der Waals surface area contributed by atoms with Crippen LogP contribution in [-0.2, 0) is 22.6 Å². The molecular weight excluding hydrogens is 510 g/mol. The molecule has 6 nitrogen and oxygen atoms in total. The molecule has 1 unspecified atom stereocenters. The lowest BCUT2D eigenvalue weighted by molar-refractivity contribution is -0.139. The van der Waals surface area contributed by atoms with Gasteiger partial charge in [-0.05, 0) is 64.6 Å². The highest BCUT2D eigenvalue weighted by atomic mass is 16.5. The number of benzene rings is 4. The summed E-state index contributed by atoms with van der Waals surface area (Å²) in [5.74, 6) is 0.676. The number of rotatable bonds is 11. The fourth-order valence-corrected chi connectivity index (χ4v) is 4.71. The summed E-state index contributed by atoms with van der Waals surface area (Å²) in [6, 6.07) is 32.1. The van der Waals surface area contributed by atoms with Crippen molar-refractivity contribution in [2.24, 2.45) is 0 Å². The number of methoxy groups -OCH3 is 1. The third-order valence-electron chi connectivity index (χ3n) is 7.16. The second kappa shape index (κ2) is 13.7. The lowest BCUT2D eigenvalue weighted by Gasteiger charge is -2.32. The Bertz CT molecular complexity index is 1410. The Morgan fingerprint density at radius 2 is 1.37 bits per heavy atom. The average molecular weight is 550 g/mol. The molecule has 0 bridgehead atoms. The first-order valence-electron chi connectivity index (χ1n) is 13.9. The molecule has 0 aliphatic heterocycles. The molecule has 1 N–H and O–H groups in total. The molecule has 4 rings (SSSR count). The van der Waals surface area contributed by atoms with Crippen molar-refractivity contribution in [3.8, 4) is 5.75 Å². The largest absolute Gasteiger partial charge is 0.497 e. The molecule has 0 radical (unpaired) electrons. The fourth-order valence-electron chi connectivity index (χ4n) is 4.71. The average Bonchev–Trinajstić information content (AvgIpc) is 2.98. The second-order valence-electron chi connectivity index (χ2n) is 10.7. The van der Waals surface area contributed by atoms with Crippen molar-refractivity contribution in [1.29, 1.82) is 0 Å². The van der Waals surface area contributed by atoms with Crippen LogP contribution in [0.15, 0.2) is 103 Å². The van der Waals surface area contributed by atoms with Crippen molar-refractivity contribution >= 4 is 23.2 Å². The van der Waals surface area contributed by atoms with E-state index in [2.05, 4.69) is 19.2 Å². The molecular formula is C35H39N3O3. The van der Waals surface area contributed by atoms with E-state index in [4.69, 9.17) is 4.74 Å². The van der Waals surface area contributed by atoms with E-state index in [-0.39, 0.29) is 24.8 Å². The van der Waals surface area contributed by atoms with Gasteiger partial charge in [-0.3, -0.25) is 9.59 Å². The van der Waals surface area contributed by atoms with Crippen molar-refractivity contribution in [3.05, 3.63) is 125 Å². The van der Waals surface area contributed by atoms with Crippen molar-refractivity contribution in [3.63, 3.8) is 0 Å². The lowest BCUT2D eigenvalue weighted by Crippen LogP contribution is -2.41. The second-order valence-corrected chi connectivity index (χ2v) is 10.7. The van der Waals surface area contributed by atoms with Crippen LogP contribution in [0.1, 0.15) is 48.1 Å². The van der Waals surface area contributed by atoms with Crippen LogP contribution in [0, 0.1) is 0 Å². The summed E-state index contributed by atoms with van der Waals surface area (Å²) in [5.41, 5.74) is 5.42. The Kier molecular flexibility index (Phi) is 9.80. The van der Waals surface area contributed by atoms with Gasteiger partial charge in [0, 0.05) is 32.0 Å². The van der Waals surface area contributed by atoms with Crippen molar-refractivity contribution in [1.82, 2.24) is 4.90 Å². The minimum Gasteiger partial charge on any atom is -0.497 e. The summed E-state index contributed by atoms with van der Waals surface area (Å²) in [7, 11) is 5.57. The smallest absolute Gasteiger partial charge is 0.251 e. The number of carbonyl (C=O) groups excluding carboxylic acids is 2. The molecule has 4 aromatic rings. The summed E-state index contributed by atoms with van der Waals surface area (Å²) in [6.45, 7) is 4.53. The molecule has 4 aromatic carbocycles. The zero-order chi connectivity index (χ0) is 29.4. The summed E-state index contributed by atoms with van der Waals surface area (Å²) in [4.78, 5) is 31.8. The van der Waals surface area contributed by atoms with Crippen molar-refractivity contribution < 1.29 is 14.3 Å². The minimum absolute atomic E-state index is 0.136. The maximum atomic E-state index is 14.1. The van der Waals surface area contributed by atoms with Gasteiger partial charge in [-0.15, -0.1) is 0 Å². The lowest BCUT2D eigenvalue weighted by atomic mass is 9.97. The van der Waals surface area contributed by atoms with Gasteiger partial charge in [0.15, 0.2) is 0 Å². The van der Waals surface area contributed by atoms with E-state index >= 15 is 0 Å². The van der Waals surface area contributed by atoms with Crippen LogP contribution in [0.5, 0.6) is 5.75 Å². The molecule has 0 fully saturated rings. The highest BCUT2D eigenvalue weighted by Gasteiger charge is 2.32. The van der Waals surface area contributed by atoms with E-state index in [9.17, 15) is 9.59 Å². The number of nitrogens with zero attached hydrogens (tertiary/aromatic N) is 2. The van der Waals surface area contributed by atoms with Crippen LogP contribution in [0.4, 0.5) is 11.4 Å². The Morgan fingerprint density at radius 1 is 0.756 bits per heavy atom. The van der Waals surface area contributed by atoms with Gasteiger partial charge in [0.05, 0.1) is 13.5 Å². The van der Waals surface area contributed by atoms with Crippen LogP contribution in [-0.4, -0.2) is 37.9 Å². The molecule has 0 heterocycles. The van der Waals surface area contributed by atoms with Crippen molar-refractivity contribution in [2.45, 2.75) is 38.8 Å². The minimum atomic E-state index is -0.844. The number of hydrogen-bond acceptors (Lipinski definition) is 4. The number of ether oxygens (including phenoxy) is 1. The molecule has 0 saturated heterocycles. The highest BCUT2D eigenvalue weighted by molar-refractivity contribution is 5.98. The zero-order valence-corrected chi connectivity index (χ0v) is 24.5. The number of anilines is 2. The molecule has 212 valence electrons. The molecule has 0 saturated carbocycles. The summed E-state index contributed by atoms with van der Waals surface area (Å²) in [6.07, 6.45) is 0.183. The number of carbonyl (C=O) groups is 2. The standard InChI is InChI=1S/C35H39N3O3/c1-25(2)28-13-15-29(16-14-28)34(35(40)36-30-17-19-31(20-18-30)37(3)4)38(24-27-11-21-32(41-5)22-12-27)33(39)23-26-9-7-6-8-10-26/h6-22,25,34H,23-24H2,1-5H3,(H,36,40). The Hall–Kier alpha value is -4.58. The van der Waals surface area contributed by atoms with E-state index in [1.165, 1.54) is 5.56 Å². The third kappa shape index (κ3) is 7.76. The topological polar surface area (TPSA) is 61.9 Å². The van der Waals surface area contributed by atoms with Crippen LogP contribution in [0.25, 0.3) is 0 Å². The summed E-state index contributed by atoms with van der Waals surface area (Å²) >= 11 is 0. The van der Waals surface area contributed by atoms with Gasteiger partial charge in [0.1, 0.15) is 11.8 Å². The van der Waals surface area contributed by atoms with E-state index in [0.717, 1.165) is 28.1 Å². The van der Waals surface area contributed by atoms with Gasteiger partial charge in [0.25, 0.3) is 5.91 Å². The normalized spacial score (nSPS) is 11.6. The molecule has 41 heavy (non-hydrogen) atoms. The van der Waals surface area contributed by atoms with Gasteiger partial charge in [-0.1, -0.05) is 80.6 Å². The summed E-state index contributed by atoms with van der Waals surface area (Å²) < 4.78 is 5.33. The SMILES string of the molecule is COc1ccc(CN(C(=O)Cc2ccccc2)C(C(=O)Nc2ccc(N(C)C)cc2)c2ccc(C(C)C)cc2)cc1. The maximum Gasteiger partial charge on any atom is 0.251 e. The van der Waals surface area contributed by atoms with E-state index in [1.54, 1.807) is 12.0 Å². The Balaban J connectivity index is 1.74. The first-order chi connectivity index (χ1) is 19.7. The van der Waals surface area contributed by atoms with E-state index < -0.39 is 6.04 Å². The van der Waals surface area contributed by atoms with Gasteiger partial charge in [-0.2, -0.15) is 0 Å². The van der Waals surface area contributed by atoms with Crippen LogP contribution in [0.2, 0.25) is 0 Å². The first-order valence-corrected chi connectivity index (χ1v) is 13.9. The monoisotopic (exact) mass is 549 g/mol. The van der Waals surface area contributed by atoms with Gasteiger partial charge >= 0.3 is 0 Å². The van der Waals surface area contributed by atoms with Crippen LogP contribution in [0.3, 0.4) is 0 Å². The Morgan fingerprint density at radius 3 is 1.93 bits per heavy atom. The molecule has 6 heteroatoms. The Labute approximate surface area is 243 Å². The molecule has 0 aliphatic rings. The van der Waals surface area contributed by atoms with E-state index in [0.29, 0.717) is 11.6 Å². The maximum absolute atomic E-state index is 14.1. The van der Waals surface area contributed by atoms with Crippen LogP contribution < -0.4 is 15.0 Å². The van der Waals surface area contributed by atoms with Gasteiger partial charge in [-0.25, -0.2) is 0 Å². The third-order valence-corrected chi connectivity index (χ3v) is 7.16. The molecule has 1 atom stereocenters. The van der Waals surface area contributed by atoms with Gasteiger partial charge < -0.3 is 19.9 Å². The summed E-state index contributed by atoms with van der Waals surface area (Å²) in [5, 5.41) is 3.08. The highest BCUT2D eigenvalue weighted by Crippen LogP contribution is 2.29. The molecule has 0 aromatic heterocycles. The zero-order valence-electron chi connectivity index (χ0n) is 24.5. The van der Waals surface area contributed by atoms with Gasteiger partial charge in [0.2, 0.25) is 5.91 Å². The predicted molar refractivity (Wildman–Crippen MR) is 166 cm³/mol. The molecule has 0 aliphatic carbocycles. The first kappa shape index (κ1) is 29.4. The molecule has 2 amide bonds. The number of nitrogens with one attached hydrogen (secondary N) is 1. The number of amides is 2. The van der Waals surface area contributed by atoms with E-state index in [1.807, 2.05) is 122 Å². The van der Waals surface area contributed by atoms with Crippen molar-refractivity contribution in [2.75, 3.05) is 31.4 Å².